The molecule has 0 bridgehead atoms. The first-order valence-electron chi connectivity index (χ1n) is 9.23. The number of hydrogen-bond acceptors (Lipinski definition) is 5. The molecule has 7 nitrogen and oxygen atoms in total. The highest BCUT2D eigenvalue weighted by molar-refractivity contribution is 6.04. The fraction of sp³-hybridized carbons (Fsp3) is 0.579. The maximum Gasteiger partial charge on any atom is 0.471 e. The minimum Gasteiger partial charge on any atom is -0.478 e. The van der Waals surface area contributed by atoms with Gasteiger partial charge in [-0.3, -0.25) is 4.79 Å². The van der Waals surface area contributed by atoms with Gasteiger partial charge in [0, 0.05) is 45.1 Å². The molecule has 1 N–H and O–H groups in total. The number of anilines is 2. The van der Waals surface area contributed by atoms with Crippen LogP contribution >= 0.6 is 0 Å². The number of benzene rings is 1. The van der Waals surface area contributed by atoms with E-state index in [4.69, 9.17) is 4.74 Å². The van der Waals surface area contributed by atoms with E-state index in [-0.39, 0.29) is 37.3 Å². The fourth-order valence-electron chi connectivity index (χ4n) is 3.17. The highest BCUT2D eigenvalue weighted by atomic mass is 19.4. The van der Waals surface area contributed by atoms with Crippen LogP contribution in [0.15, 0.2) is 18.2 Å². The van der Waals surface area contributed by atoms with Crippen LogP contribution in [0.2, 0.25) is 0 Å². The van der Waals surface area contributed by atoms with Crippen molar-refractivity contribution in [2.45, 2.75) is 25.1 Å². The van der Waals surface area contributed by atoms with Crippen molar-refractivity contribution < 1.29 is 32.6 Å². The second kappa shape index (κ2) is 9.45. The third-order valence-electron chi connectivity index (χ3n) is 4.81. The number of rotatable bonds is 7. The number of halogens is 3. The minimum absolute atomic E-state index is 0.196. The van der Waals surface area contributed by atoms with Gasteiger partial charge in [0.2, 0.25) is 0 Å². The Morgan fingerprint density at radius 3 is 2.28 bits per heavy atom. The average molecular weight is 417 g/mol. The minimum atomic E-state index is -5.12. The third kappa shape index (κ3) is 5.83. The normalized spacial score (nSPS) is 15.4. The Hall–Kier alpha value is -2.33. The molecular formula is C19H26F3N3O4. The molecule has 1 saturated heterocycles. The predicted octanol–water partition coefficient (Wildman–Crippen LogP) is 2.46. The standard InChI is InChI=1S/C19H26F3N3O4/c1-23(2)8-9-24(3)14-4-5-15(17(26)27)16(12-14)25(18(28)19(20,21)22)13-6-10-29-11-7-13/h4-5,12-13H,6-11H2,1-3H3,(H,26,27). The first-order valence-corrected chi connectivity index (χ1v) is 9.23. The Labute approximate surface area is 167 Å². The number of carbonyl (C=O) groups is 2. The maximum atomic E-state index is 13.4. The van der Waals surface area contributed by atoms with E-state index in [1.807, 2.05) is 19.0 Å². The Balaban J connectivity index is 2.52. The number of carbonyl (C=O) groups excluding carboxylic acids is 1. The van der Waals surface area contributed by atoms with Gasteiger partial charge in [-0.15, -0.1) is 0 Å². The highest BCUT2D eigenvalue weighted by Gasteiger charge is 2.46. The molecule has 0 spiro atoms. The molecule has 1 aliphatic heterocycles. The number of likely N-dealkylation sites (N-methyl/N-ethyl adjacent to an activating group) is 2. The highest BCUT2D eigenvalue weighted by Crippen LogP contribution is 2.34. The topological polar surface area (TPSA) is 73.3 Å². The molecule has 2 rings (SSSR count). The van der Waals surface area contributed by atoms with Crippen molar-refractivity contribution >= 4 is 23.3 Å². The van der Waals surface area contributed by atoms with Crippen LogP contribution in [0.1, 0.15) is 23.2 Å². The van der Waals surface area contributed by atoms with E-state index in [9.17, 15) is 27.9 Å². The lowest BCUT2D eigenvalue weighted by molar-refractivity contribution is -0.171. The summed E-state index contributed by atoms with van der Waals surface area (Å²) in [6, 6.07) is 3.33. The quantitative estimate of drug-likeness (QED) is 0.735. The smallest absolute Gasteiger partial charge is 0.471 e. The largest absolute Gasteiger partial charge is 0.478 e. The molecular weight excluding hydrogens is 391 g/mol. The monoisotopic (exact) mass is 417 g/mol. The van der Waals surface area contributed by atoms with Crippen LogP contribution in [-0.4, -0.2) is 81.5 Å². The zero-order valence-electron chi connectivity index (χ0n) is 16.7. The Morgan fingerprint density at radius 2 is 1.76 bits per heavy atom. The third-order valence-corrected chi connectivity index (χ3v) is 4.81. The first kappa shape index (κ1) is 23.0. The van der Waals surface area contributed by atoms with Crippen LogP contribution in [0.5, 0.6) is 0 Å². The first-order chi connectivity index (χ1) is 13.5. The molecule has 1 fully saturated rings. The summed E-state index contributed by atoms with van der Waals surface area (Å²) in [5, 5.41) is 9.54. The van der Waals surface area contributed by atoms with Gasteiger partial charge in [0.1, 0.15) is 0 Å². The number of nitrogens with zero attached hydrogens (tertiary/aromatic N) is 3. The van der Waals surface area contributed by atoms with E-state index in [0.717, 1.165) is 0 Å². The molecule has 0 saturated carbocycles. The summed E-state index contributed by atoms with van der Waals surface area (Å²) in [7, 11) is 5.54. The fourth-order valence-corrected chi connectivity index (χ4v) is 3.17. The second-order valence-corrected chi connectivity index (χ2v) is 7.25. The summed E-state index contributed by atoms with van der Waals surface area (Å²) in [6.07, 6.45) is -4.73. The van der Waals surface area contributed by atoms with Crippen molar-refractivity contribution in [3.63, 3.8) is 0 Å². The summed E-state index contributed by atoms with van der Waals surface area (Å²) in [5.41, 5.74) is -0.0707. The molecule has 10 heteroatoms. The zero-order chi connectivity index (χ0) is 21.8. The van der Waals surface area contributed by atoms with Gasteiger partial charge in [-0.05, 0) is 45.1 Å². The van der Waals surface area contributed by atoms with Crippen LogP contribution in [0, 0.1) is 0 Å². The van der Waals surface area contributed by atoms with Crippen molar-refractivity contribution in [1.29, 1.82) is 0 Å². The van der Waals surface area contributed by atoms with Crippen LogP contribution in [0.4, 0.5) is 24.5 Å². The SMILES string of the molecule is CN(C)CCN(C)c1ccc(C(=O)O)c(N(C(=O)C(F)(F)F)C2CCOCC2)c1. The number of carboxylic acid groups (broad SMARTS) is 1. The van der Waals surface area contributed by atoms with Crippen LogP contribution in [0.3, 0.4) is 0 Å². The molecule has 29 heavy (non-hydrogen) atoms. The molecule has 0 aliphatic carbocycles. The molecule has 162 valence electrons. The van der Waals surface area contributed by atoms with Crippen molar-refractivity contribution in [2.24, 2.45) is 0 Å². The summed E-state index contributed by atoms with van der Waals surface area (Å²) < 4.78 is 45.3. The van der Waals surface area contributed by atoms with E-state index >= 15 is 0 Å². The molecule has 1 aromatic rings. The van der Waals surface area contributed by atoms with Crippen molar-refractivity contribution in [3.8, 4) is 0 Å². The van der Waals surface area contributed by atoms with Crippen molar-refractivity contribution in [1.82, 2.24) is 4.90 Å². The van der Waals surface area contributed by atoms with E-state index in [1.54, 1.807) is 11.9 Å². The number of hydrogen-bond donors (Lipinski definition) is 1. The number of ether oxygens (including phenoxy) is 1. The Bertz CT molecular complexity index is 734. The van der Waals surface area contributed by atoms with Gasteiger partial charge >= 0.3 is 18.1 Å². The van der Waals surface area contributed by atoms with Crippen molar-refractivity contribution in [2.75, 3.05) is 57.2 Å². The molecule has 0 unspecified atom stereocenters. The number of alkyl halides is 3. The average Bonchev–Trinajstić information content (AvgIpc) is 2.66. The lowest BCUT2D eigenvalue weighted by atomic mass is 10.0. The number of carboxylic acids is 1. The van der Waals surface area contributed by atoms with Crippen LogP contribution in [-0.2, 0) is 9.53 Å². The van der Waals surface area contributed by atoms with Gasteiger partial charge in [0.05, 0.1) is 11.3 Å². The van der Waals surface area contributed by atoms with E-state index in [1.165, 1.54) is 18.2 Å². The Kier molecular flexibility index (Phi) is 7.48. The Morgan fingerprint density at radius 1 is 1.14 bits per heavy atom. The van der Waals surface area contributed by atoms with Gasteiger partial charge in [-0.25, -0.2) is 4.79 Å². The van der Waals surface area contributed by atoms with Crippen LogP contribution in [0.25, 0.3) is 0 Å². The molecule has 1 amide bonds. The summed E-state index contributed by atoms with van der Waals surface area (Å²) in [5.74, 6) is -3.46. The summed E-state index contributed by atoms with van der Waals surface area (Å²) >= 11 is 0. The molecule has 1 aromatic carbocycles. The lowest BCUT2D eigenvalue weighted by Crippen LogP contribution is -2.50. The van der Waals surface area contributed by atoms with E-state index in [2.05, 4.69) is 0 Å². The van der Waals surface area contributed by atoms with E-state index < -0.39 is 24.1 Å². The molecule has 0 radical (unpaired) electrons. The molecule has 0 atom stereocenters. The van der Waals surface area contributed by atoms with Gasteiger partial charge in [-0.1, -0.05) is 0 Å². The maximum absolute atomic E-state index is 13.4. The zero-order valence-corrected chi connectivity index (χ0v) is 16.7. The lowest BCUT2D eigenvalue weighted by Gasteiger charge is -2.36. The number of aromatic carboxylic acids is 1. The second-order valence-electron chi connectivity index (χ2n) is 7.25. The van der Waals surface area contributed by atoms with Gasteiger partial charge in [0.25, 0.3) is 0 Å². The van der Waals surface area contributed by atoms with Crippen molar-refractivity contribution in [3.05, 3.63) is 23.8 Å². The molecule has 0 aromatic heterocycles. The van der Waals surface area contributed by atoms with Gasteiger partial charge in [-0.2, -0.15) is 13.2 Å². The summed E-state index contributed by atoms with van der Waals surface area (Å²) in [6.45, 7) is 1.68. The van der Waals surface area contributed by atoms with Gasteiger partial charge in [0.15, 0.2) is 0 Å². The molecule has 1 heterocycles. The molecule has 1 aliphatic rings. The van der Waals surface area contributed by atoms with Gasteiger partial charge < -0.3 is 24.5 Å². The number of amides is 1. The van der Waals surface area contributed by atoms with E-state index in [0.29, 0.717) is 23.7 Å². The summed E-state index contributed by atoms with van der Waals surface area (Å²) in [4.78, 5) is 28.3. The predicted molar refractivity (Wildman–Crippen MR) is 103 cm³/mol. The van der Waals surface area contributed by atoms with Crippen LogP contribution < -0.4 is 9.80 Å².